The van der Waals surface area contributed by atoms with E-state index >= 15 is 0 Å². The van der Waals surface area contributed by atoms with Gasteiger partial charge >= 0.3 is 0 Å². The summed E-state index contributed by atoms with van der Waals surface area (Å²) in [6.07, 6.45) is 5.42. The smallest absolute Gasteiger partial charge is 0.151 e. The third kappa shape index (κ3) is 1.41. The number of halogens is 1. The van der Waals surface area contributed by atoms with Crippen LogP contribution in [0, 0.1) is 0 Å². The van der Waals surface area contributed by atoms with Crippen molar-refractivity contribution in [1.29, 1.82) is 0 Å². The Bertz CT molecular complexity index is 409. The number of nitrogens with zero attached hydrogens (tertiary/aromatic N) is 2. The van der Waals surface area contributed by atoms with Gasteiger partial charge in [-0.1, -0.05) is 11.6 Å². The Kier molecular flexibility index (Phi) is 2.09. The van der Waals surface area contributed by atoms with Crippen LogP contribution in [0.25, 0.3) is 0 Å². The number of imidazole rings is 1. The summed E-state index contributed by atoms with van der Waals surface area (Å²) in [7, 11) is 0. The zero-order valence-corrected chi connectivity index (χ0v) is 9.20. The van der Waals surface area contributed by atoms with Crippen molar-refractivity contribution in [3.63, 3.8) is 0 Å². The molecule has 3 rings (SSSR count). The lowest BCUT2D eigenvalue weighted by Crippen LogP contribution is -2.17. The van der Waals surface area contributed by atoms with E-state index in [0.717, 1.165) is 37.2 Å². The summed E-state index contributed by atoms with van der Waals surface area (Å²) in [5.41, 5.74) is 0.958. The number of carbonyl (C=O) groups is 1. The zero-order valence-electron chi connectivity index (χ0n) is 8.45. The number of hydrogen-bond acceptors (Lipinski definition) is 2. The van der Waals surface area contributed by atoms with Crippen LogP contribution < -0.4 is 0 Å². The molecule has 4 heteroatoms. The first kappa shape index (κ1) is 9.40. The SMILES string of the molecule is O=CC1CCCn2c(C3CC3)nc(Cl)c21. The second kappa shape index (κ2) is 3.34. The summed E-state index contributed by atoms with van der Waals surface area (Å²) in [5.74, 6) is 1.68. The molecule has 80 valence electrons. The molecule has 15 heavy (non-hydrogen) atoms. The molecule has 1 aromatic heterocycles. The van der Waals surface area contributed by atoms with Crippen LogP contribution in [-0.4, -0.2) is 15.8 Å². The molecule has 1 atom stereocenters. The molecule has 0 bridgehead atoms. The van der Waals surface area contributed by atoms with Crippen LogP contribution in [0.1, 0.15) is 49.0 Å². The number of fused-ring (bicyclic) bond motifs is 1. The second-order valence-corrected chi connectivity index (χ2v) is 4.81. The summed E-state index contributed by atoms with van der Waals surface area (Å²) in [5, 5.41) is 0.550. The molecular formula is C11H13ClN2O. The summed E-state index contributed by atoms with van der Waals surface area (Å²) in [4.78, 5) is 15.4. The minimum absolute atomic E-state index is 0.0359. The molecule has 1 aliphatic heterocycles. The maximum Gasteiger partial charge on any atom is 0.151 e. The van der Waals surface area contributed by atoms with Crippen molar-refractivity contribution >= 4 is 17.9 Å². The van der Waals surface area contributed by atoms with Gasteiger partial charge in [0, 0.05) is 12.5 Å². The van der Waals surface area contributed by atoms with Gasteiger partial charge in [0.15, 0.2) is 5.15 Å². The van der Waals surface area contributed by atoms with E-state index in [1.165, 1.54) is 12.8 Å². The Labute approximate surface area is 93.4 Å². The van der Waals surface area contributed by atoms with E-state index in [-0.39, 0.29) is 5.92 Å². The average Bonchev–Trinajstić information content (AvgIpc) is 3.04. The molecule has 1 saturated carbocycles. The van der Waals surface area contributed by atoms with E-state index in [1.807, 2.05) is 0 Å². The molecule has 0 N–H and O–H groups in total. The first-order chi connectivity index (χ1) is 7.31. The molecule has 1 unspecified atom stereocenters. The number of aromatic nitrogens is 2. The lowest BCUT2D eigenvalue weighted by molar-refractivity contribution is -0.109. The van der Waals surface area contributed by atoms with Crippen molar-refractivity contribution in [2.75, 3.05) is 0 Å². The maximum atomic E-state index is 11.0. The normalized spacial score (nSPS) is 25.0. The summed E-state index contributed by atoms with van der Waals surface area (Å²) in [6, 6.07) is 0. The molecule has 0 aromatic carbocycles. The highest BCUT2D eigenvalue weighted by Gasteiger charge is 2.34. The predicted molar refractivity (Wildman–Crippen MR) is 57.3 cm³/mol. The molecule has 1 fully saturated rings. The summed E-state index contributed by atoms with van der Waals surface area (Å²) in [6.45, 7) is 0.977. The fourth-order valence-electron chi connectivity index (χ4n) is 2.43. The lowest BCUT2D eigenvalue weighted by Gasteiger charge is -2.21. The van der Waals surface area contributed by atoms with Gasteiger partial charge in [0.25, 0.3) is 0 Å². The zero-order chi connectivity index (χ0) is 10.4. The standard InChI is InChI=1S/C11H13ClN2O/c12-10-9-8(6-15)2-1-5-14(9)11(13-10)7-3-4-7/h6-8H,1-5H2. The Balaban J connectivity index is 2.10. The highest BCUT2D eigenvalue weighted by molar-refractivity contribution is 6.30. The highest BCUT2D eigenvalue weighted by Crippen LogP contribution is 2.43. The number of carbonyl (C=O) groups excluding carboxylic acids is 1. The number of rotatable bonds is 2. The van der Waals surface area contributed by atoms with Gasteiger partial charge in [0.2, 0.25) is 0 Å². The Morgan fingerprint density at radius 3 is 2.87 bits per heavy atom. The van der Waals surface area contributed by atoms with Crippen molar-refractivity contribution in [1.82, 2.24) is 9.55 Å². The van der Waals surface area contributed by atoms with E-state index in [9.17, 15) is 4.79 Å². The van der Waals surface area contributed by atoms with Crippen LogP contribution in [0.3, 0.4) is 0 Å². The second-order valence-electron chi connectivity index (χ2n) is 4.46. The predicted octanol–water partition coefficient (Wildman–Crippen LogP) is 2.49. The Morgan fingerprint density at radius 2 is 2.20 bits per heavy atom. The minimum atomic E-state index is -0.0359. The van der Waals surface area contributed by atoms with E-state index in [1.54, 1.807) is 0 Å². The van der Waals surface area contributed by atoms with Gasteiger partial charge in [-0.05, 0) is 25.7 Å². The van der Waals surface area contributed by atoms with E-state index in [4.69, 9.17) is 11.6 Å². The Hall–Kier alpha value is -0.830. The molecule has 3 nitrogen and oxygen atoms in total. The van der Waals surface area contributed by atoms with Gasteiger partial charge < -0.3 is 9.36 Å². The lowest BCUT2D eigenvalue weighted by atomic mass is 9.98. The quantitative estimate of drug-likeness (QED) is 0.724. The van der Waals surface area contributed by atoms with Crippen molar-refractivity contribution in [2.24, 2.45) is 0 Å². The van der Waals surface area contributed by atoms with Crippen LogP contribution >= 0.6 is 11.6 Å². The van der Waals surface area contributed by atoms with Crippen molar-refractivity contribution in [3.05, 3.63) is 16.7 Å². The molecule has 0 amide bonds. The number of hydrogen-bond donors (Lipinski definition) is 0. The van der Waals surface area contributed by atoms with Crippen LogP contribution in [0.5, 0.6) is 0 Å². The molecule has 0 saturated heterocycles. The fourth-order valence-corrected chi connectivity index (χ4v) is 2.76. The van der Waals surface area contributed by atoms with Gasteiger partial charge in [0.05, 0.1) is 11.6 Å². The molecule has 0 spiro atoms. The van der Waals surface area contributed by atoms with Gasteiger partial charge in [-0.3, -0.25) is 0 Å². The van der Waals surface area contributed by atoms with Crippen LogP contribution in [-0.2, 0) is 11.3 Å². The van der Waals surface area contributed by atoms with Crippen molar-refractivity contribution in [2.45, 2.75) is 44.1 Å². The summed E-state index contributed by atoms with van der Waals surface area (Å²) < 4.78 is 2.18. The molecule has 1 aliphatic carbocycles. The number of aldehydes is 1. The minimum Gasteiger partial charge on any atom is -0.330 e. The van der Waals surface area contributed by atoms with Crippen molar-refractivity contribution in [3.8, 4) is 0 Å². The van der Waals surface area contributed by atoms with Crippen molar-refractivity contribution < 1.29 is 4.79 Å². The highest BCUT2D eigenvalue weighted by atomic mass is 35.5. The first-order valence-corrected chi connectivity index (χ1v) is 5.90. The molecule has 2 heterocycles. The van der Waals surface area contributed by atoms with Crippen LogP contribution in [0.15, 0.2) is 0 Å². The third-order valence-corrected chi connectivity index (χ3v) is 3.62. The van der Waals surface area contributed by atoms with Crippen LogP contribution in [0.2, 0.25) is 5.15 Å². The first-order valence-electron chi connectivity index (χ1n) is 5.52. The largest absolute Gasteiger partial charge is 0.330 e. The molecule has 0 radical (unpaired) electrons. The summed E-state index contributed by atoms with van der Waals surface area (Å²) >= 11 is 6.12. The average molecular weight is 225 g/mol. The molecular weight excluding hydrogens is 212 g/mol. The Morgan fingerprint density at radius 1 is 1.40 bits per heavy atom. The van der Waals surface area contributed by atoms with Gasteiger partial charge in [-0.2, -0.15) is 0 Å². The maximum absolute atomic E-state index is 11.0. The van der Waals surface area contributed by atoms with Gasteiger partial charge in [-0.15, -0.1) is 0 Å². The topological polar surface area (TPSA) is 34.9 Å². The van der Waals surface area contributed by atoms with E-state index in [0.29, 0.717) is 11.1 Å². The fraction of sp³-hybridized carbons (Fsp3) is 0.636. The van der Waals surface area contributed by atoms with Gasteiger partial charge in [-0.25, -0.2) is 4.98 Å². The molecule has 1 aromatic rings. The molecule has 2 aliphatic rings. The van der Waals surface area contributed by atoms with E-state index < -0.39 is 0 Å². The monoisotopic (exact) mass is 224 g/mol. The van der Waals surface area contributed by atoms with E-state index in [2.05, 4.69) is 9.55 Å². The third-order valence-electron chi connectivity index (χ3n) is 3.35. The van der Waals surface area contributed by atoms with Crippen LogP contribution in [0.4, 0.5) is 0 Å². The van der Waals surface area contributed by atoms with Gasteiger partial charge in [0.1, 0.15) is 12.1 Å².